The summed E-state index contributed by atoms with van der Waals surface area (Å²) in [7, 11) is 0. The third-order valence-corrected chi connectivity index (χ3v) is 4.73. The SMILES string of the molecule is Cc1cn2nc(-c3cc(F)c4nc(C(=O)NC5CNC5)nn4c3)cc(C)c2n1. The first-order valence-corrected chi connectivity index (χ1v) is 8.89. The lowest BCUT2D eigenvalue weighted by atomic mass is 10.1. The predicted octanol–water partition coefficient (Wildman–Crippen LogP) is 0.897. The highest BCUT2D eigenvalue weighted by Crippen LogP contribution is 2.22. The molecule has 4 aromatic rings. The summed E-state index contributed by atoms with van der Waals surface area (Å²) in [6.45, 7) is 5.23. The van der Waals surface area contributed by atoms with Gasteiger partial charge in [-0.3, -0.25) is 4.79 Å². The smallest absolute Gasteiger partial charge is 0.291 e. The Morgan fingerprint density at radius 3 is 2.68 bits per heavy atom. The molecule has 2 N–H and O–H groups in total. The fourth-order valence-corrected chi connectivity index (χ4v) is 3.21. The van der Waals surface area contributed by atoms with Crippen LogP contribution in [0.4, 0.5) is 4.39 Å². The van der Waals surface area contributed by atoms with Crippen LogP contribution in [0.5, 0.6) is 0 Å². The topological polar surface area (TPSA) is 102 Å². The third-order valence-electron chi connectivity index (χ3n) is 4.73. The van der Waals surface area contributed by atoms with Crippen molar-refractivity contribution in [1.82, 2.24) is 39.8 Å². The van der Waals surface area contributed by atoms with Crippen LogP contribution < -0.4 is 10.6 Å². The number of carbonyl (C=O) groups is 1. The zero-order chi connectivity index (χ0) is 19.4. The van der Waals surface area contributed by atoms with Crippen LogP contribution in [0.2, 0.25) is 0 Å². The lowest BCUT2D eigenvalue weighted by molar-refractivity contribution is 0.0913. The van der Waals surface area contributed by atoms with Gasteiger partial charge in [0.05, 0.1) is 23.6 Å². The Kier molecular flexibility index (Phi) is 3.63. The summed E-state index contributed by atoms with van der Waals surface area (Å²) in [6.07, 6.45) is 3.43. The molecule has 1 aliphatic rings. The van der Waals surface area contributed by atoms with Gasteiger partial charge < -0.3 is 10.6 Å². The largest absolute Gasteiger partial charge is 0.344 e. The second-order valence-electron chi connectivity index (χ2n) is 6.97. The van der Waals surface area contributed by atoms with E-state index in [0.29, 0.717) is 24.3 Å². The van der Waals surface area contributed by atoms with E-state index >= 15 is 0 Å². The molecule has 5 rings (SSSR count). The molecule has 1 fully saturated rings. The average Bonchev–Trinajstić information content (AvgIpc) is 3.21. The van der Waals surface area contributed by atoms with E-state index in [2.05, 4.69) is 30.8 Å². The number of hydrogen-bond acceptors (Lipinski definition) is 6. The number of hydrogen-bond donors (Lipinski definition) is 2. The van der Waals surface area contributed by atoms with Crippen molar-refractivity contribution >= 4 is 17.2 Å². The second kappa shape index (κ2) is 6.06. The standard InChI is InChI=1S/C18H17FN8O/c1-9-3-14(24-26-7-10(2)21-16(9)26)11-4-13(19)17-23-15(25-27(17)8-11)18(28)22-12-5-20-6-12/h3-4,7-8,12,20H,5-6H2,1-2H3,(H,22,28). The molecule has 4 aromatic heterocycles. The molecule has 0 unspecified atom stereocenters. The summed E-state index contributed by atoms with van der Waals surface area (Å²) in [5, 5.41) is 14.5. The van der Waals surface area contributed by atoms with Crippen LogP contribution in [-0.4, -0.2) is 54.2 Å². The number of halogens is 1. The van der Waals surface area contributed by atoms with Crippen molar-refractivity contribution in [3.05, 3.63) is 47.4 Å². The van der Waals surface area contributed by atoms with E-state index in [1.54, 1.807) is 10.7 Å². The van der Waals surface area contributed by atoms with Gasteiger partial charge >= 0.3 is 0 Å². The molecule has 1 aliphatic heterocycles. The number of carbonyl (C=O) groups excluding carboxylic acids is 1. The number of nitrogens with zero attached hydrogens (tertiary/aromatic N) is 6. The lowest BCUT2D eigenvalue weighted by Gasteiger charge is -2.27. The van der Waals surface area contributed by atoms with Crippen molar-refractivity contribution in [2.45, 2.75) is 19.9 Å². The van der Waals surface area contributed by atoms with Crippen molar-refractivity contribution < 1.29 is 9.18 Å². The maximum absolute atomic E-state index is 14.7. The summed E-state index contributed by atoms with van der Waals surface area (Å²) in [5.41, 5.74) is 3.63. The maximum Gasteiger partial charge on any atom is 0.291 e. The summed E-state index contributed by atoms with van der Waals surface area (Å²) in [4.78, 5) is 20.7. The van der Waals surface area contributed by atoms with E-state index < -0.39 is 11.7 Å². The van der Waals surface area contributed by atoms with Gasteiger partial charge in [-0.25, -0.2) is 18.4 Å². The van der Waals surface area contributed by atoms with Crippen molar-refractivity contribution in [3.8, 4) is 11.3 Å². The highest BCUT2D eigenvalue weighted by molar-refractivity contribution is 5.91. The monoisotopic (exact) mass is 380 g/mol. The van der Waals surface area contributed by atoms with Gasteiger partial charge in [-0.15, -0.1) is 5.10 Å². The number of nitrogens with one attached hydrogen (secondary N) is 2. The summed E-state index contributed by atoms with van der Waals surface area (Å²) in [5.74, 6) is -1.05. The molecule has 28 heavy (non-hydrogen) atoms. The van der Waals surface area contributed by atoms with Crippen LogP contribution in [0, 0.1) is 19.7 Å². The summed E-state index contributed by atoms with van der Waals surface area (Å²) >= 11 is 0. The lowest BCUT2D eigenvalue weighted by Crippen LogP contribution is -2.57. The Hall–Kier alpha value is -3.40. The Bertz CT molecular complexity index is 1240. The molecule has 0 radical (unpaired) electrons. The van der Waals surface area contributed by atoms with Crippen LogP contribution in [0.25, 0.3) is 22.6 Å². The van der Waals surface area contributed by atoms with Gasteiger partial charge in [0.25, 0.3) is 5.91 Å². The quantitative estimate of drug-likeness (QED) is 0.548. The van der Waals surface area contributed by atoms with Crippen LogP contribution in [0.15, 0.2) is 24.5 Å². The van der Waals surface area contributed by atoms with Gasteiger partial charge in [-0.2, -0.15) is 10.1 Å². The van der Waals surface area contributed by atoms with E-state index in [9.17, 15) is 9.18 Å². The Balaban J connectivity index is 1.56. The van der Waals surface area contributed by atoms with E-state index in [4.69, 9.17) is 0 Å². The number of aryl methyl sites for hydroxylation is 2. The van der Waals surface area contributed by atoms with E-state index in [1.165, 1.54) is 10.6 Å². The summed E-state index contributed by atoms with van der Waals surface area (Å²) in [6, 6.07) is 3.24. The van der Waals surface area contributed by atoms with Gasteiger partial charge in [0, 0.05) is 24.8 Å². The molecule has 0 aliphatic carbocycles. The van der Waals surface area contributed by atoms with Crippen molar-refractivity contribution in [2.75, 3.05) is 13.1 Å². The molecule has 0 bridgehead atoms. The number of rotatable bonds is 3. The second-order valence-corrected chi connectivity index (χ2v) is 6.97. The molecule has 0 atom stereocenters. The average molecular weight is 380 g/mol. The van der Waals surface area contributed by atoms with Crippen LogP contribution in [0.1, 0.15) is 21.9 Å². The normalized spacial score (nSPS) is 14.5. The highest BCUT2D eigenvalue weighted by atomic mass is 19.1. The van der Waals surface area contributed by atoms with Gasteiger partial charge in [-0.05, 0) is 31.5 Å². The molecule has 9 nitrogen and oxygen atoms in total. The third kappa shape index (κ3) is 2.69. The zero-order valence-corrected chi connectivity index (χ0v) is 15.3. The summed E-state index contributed by atoms with van der Waals surface area (Å²) < 4.78 is 17.6. The van der Waals surface area contributed by atoms with Crippen LogP contribution in [-0.2, 0) is 0 Å². The van der Waals surface area contributed by atoms with Gasteiger partial charge in [0.1, 0.15) is 0 Å². The molecule has 0 saturated carbocycles. The number of imidazole rings is 1. The Morgan fingerprint density at radius 2 is 1.93 bits per heavy atom. The predicted molar refractivity (Wildman–Crippen MR) is 98.5 cm³/mol. The van der Waals surface area contributed by atoms with E-state index in [1.807, 2.05) is 26.1 Å². The Labute approximate surface area is 158 Å². The van der Waals surface area contributed by atoms with Gasteiger partial charge in [-0.1, -0.05) is 0 Å². The fraction of sp³-hybridized carbons (Fsp3) is 0.278. The maximum atomic E-state index is 14.7. The van der Waals surface area contributed by atoms with Crippen molar-refractivity contribution in [1.29, 1.82) is 0 Å². The molecular formula is C18H17FN8O. The molecule has 5 heterocycles. The van der Waals surface area contributed by atoms with Crippen molar-refractivity contribution in [2.24, 2.45) is 0 Å². The molecule has 142 valence electrons. The first kappa shape index (κ1) is 16.8. The molecule has 1 saturated heterocycles. The minimum Gasteiger partial charge on any atom is -0.344 e. The first-order valence-electron chi connectivity index (χ1n) is 8.89. The van der Waals surface area contributed by atoms with Crippen molar-refractivity contribution in [3.63, 3.8) is 0 Å². The Morgan fingerprint density at radius 1 is 1.14 bits per heavy atom. The molecule has 1 amide bonds. The number of fused-ring (bicyclic) bond motifs is 2. The number of pyridine rings is 1. The van der Waals surface area contributed by atoms with E-state index in [0.717, 1.165) is 16.9 Å². The molecule has 0 spiro atoms. The van der Waals surface area contributed by atoms with Crippen LogP contribution >= 0.6 is 0 Å². The van der Waals surface area contributed by atoms with Gasteiger partial charge in [0.15, 0.2) is 17.1 Å². The van der Waals surface area contributed by atoms with Crippen LogP contribution in [0.3, 0.4) is 0 Å². The minimum atomic E-state index is -0.573. The zero-order valence-electron chi connectivity index (χ0n) is 15.3. The molecular weight excluding hydrogens is 363 g/mol. The highest BCUT2D eigenvalue weighted by Gasteiger charge is 2.23. The number of amides is 1. The van der Waals surface area contributed by atoms with E-state index in [-0.39, 0.29) is 17.5 Å². The fourth-order valence-electron chi connectivity index (χ4n) is 3.21. The number of aromatic nitrogens is 6. The first-order chi connectivity index (χ1) is 13.5. The minimum absolute atomic E-state index is 0.00286. The molecule has 10 heteroatoms. The molecule has 0 aromatic carbocycles. The van der Waals surface area contributed by atoms with Gasteiger partial charge in [0.2, 0.25) is 5.82 Å².